The van der Waals surface area contributed by atoms with Gasteiger partial charge in [0.1, 0.15) is 0 Å². The summed E-state index contributed by atoms with van der Waals surface area (Å²) in [5, 5.41) is 13.9. The minimum atomic E-state index is -0.477. The maximum absolute atomic E-state index is 12.2. The van der Waals surface area contributed by atoms with E-state index in [4.69, 9.17) is 9.47 Å². The summed E-state index contributed by atoms with van der Waals surface area (Å²) in [6.45, 7) is 6.67. The Hall–Kier alpha value is -3.35. The van der Waals surface area contributed by atoms with E-state index in [1.54, 1.807) is 18.2 Å². The second-order valence-electron chi connectivity index (χ2n) is 5.95. The van der Waals surface area contributed by atoms with Gasteiger partial charge in [-0.05, 0) is 50.6 Å². The molecule has 2 rings (SSSR count). The van der Waals surface area contributed by atoms with E-state index in [-0.39, 0.29) is 17.6 Å². The van der Waals surface area contributed by atoms with Crippen LogP contribution in [0.4, 0.5) is 5.69 Å². The Balaban J connectivity index is 2.10. The number of nitro benzene ring substituents is 1. The molecule has 28 heavy (non-hydrogen) atoms. The Morgan fingerprint density at radius 2 is 1.82 bits per heavy atom. The second kappa shape index (κ2) is 10.1. The van der Waals surface area contributed by atoms with Crippen LogP contribution in [0.25, 0.3) is 6.08 Å². The third-order valence-electron chi connectivity index (χ3n) is 3.97. The van der Waals surface area contributed by atoms with Gasteiger partial charge < -0.3 is 14.8 Å². The van der Waals surface area contributed by atoms with Gasteiger partial charge in [-0.25, -0.2) is 0 Å². The number of rotatable bonds is 9. The van der Waals surface area contributed by atoms with Crippen LogP contribution in [-0.2, 0) is 4.79 Å². The first-order valence-electron chi connectivity index (χ1n) is 9.07. The van der Waals surface area contributed by atoms with Crippen LogP contribution in [0.3, 0.4) is 0 Å². The predicted octanol–water partition coefficient (Wildman–Crippen LogP) is 4.28. The van der Waals surface area contributed by atoms with Gasteiger partial charge in [0.2, 0.25) is 5.91 Å². The molecule has 7 nitrogen and oxygen atoms in total. The lowest BCUT2D eigenvalue weighted by Crippen LogP contribution is -2.24. The van der Waals surface area contributed by atoms with Crippen LogP contribution < -0.4 is 14.8 Å². The predicted molar refractivity (Wildman–Crippen MR) is 107 cm³/mol. The summed E-state index contributed by atoms with van der Waals surface area (Å²) in [6.07, 6.45) is 2.72. The monoisotopic (exact) mass is 384 g/mol. The third-order valence-corrected chi connectivity index (χ3v) is 3.97. The molecule has 0 aliphatic carbocycles. The van der Waals surface area contributed by atoms with Crippen LogP contribution in [-0.4, -0.2) is 24.0 Å². The molecule has 2 aromatic carbocycles. The van der Waals surface area contributed by atoms with Gasteiger partial charge in [0, 0.05) is 12.1 Å². The molecule has 0 aliphatic rings. The highest BCUT2D eigenvalue weighted by Crippen LogP contribution is 2.30. The van der Waals surface area contributed by atoms with Crippen molar-refractivity contribution < 1.29 is 19.2 Å². The number of hydrogen-bond acceptors (Lipinski definition) is 5. The second-order valence-corrected chi connectivity index (χ2v) is 5.95. The molecule has 1 amide bonds. The van der Waals surface area contributed by atoms with E-state index in [1.807, 2.05) is 39.0 Å². The van der Waals surface area contributed by atoms with Crippen molar-refractivity contribution in [2.45, 2.75) is 26.8 Å². The molecule has 1 unspecified atom stereocenters. The third kappa shape index (κ3) is 5.57. The average Bonchev–Trinajstić information content (AvgIpc) is 2.68. The SMILES string of the molecule is CCOc1ccc(C(C)NC(=O)C=Cc2ccccc2[N+](=O)[O-])cc1OCC. The van der Waals surface area contributed by atoms with Gasteiger partial charge in [-0.3, -0.25) is 14.9 Å². The highest BCUT2D eigenvalue weighted by atomic mass is 16.6. The highest BCUT2D eigenvalue weighted by molar-refractivity contribution is 5.92. The number of para-hydroxylation sites is 1. The Morgan fingerprint density at radius 3 is 2.50 bits per heavy atom. The summed E-state index contributed by atoms with van der Waals surface area (Å²) in [6, 6.07) is 11.5. The molecule has 148 valence electrons. The van der Waals surface area contributed by atoms with E-state index in [0.29, 0.717) is 30.3 Å². The number of ether oxygens (including phenoxy) is 2. The van der Waals surface area contributed by atoms with E-state index in [0.717, 1.165) is 5.56 Å². The first-order valence-corrected chi connectivity index (χ1v) is 9.07. The fourth-order valence-electron chi connectivity index (χ4n) is 2.64. The standard InChI is InChI=1S/C21H24N2O5/c1-4-27-19-12-10-17(14-20(19)28-5-2)15(3)22-21(24)13-11-16-8-6-7-9-18(16)23(25)26/h6-15H,4-5H2,1-3H3,(H,22,24). The molecule has 0 saturated carbocycles. The topological polar surface area (TPSA) is 90.7 Å². The Morgan fingerprint density at radius 1 is 1.14 bits per heavy atom. The molecule has 1 atom stereocenters. The van der Waals surface area contributed by atoms with Crippen molar-refractivity contribution in [3.05, 3.63) is 69.8 Å². The zero-order valence-electron chi connectivity index (χ0n) is 16.2. The molecule has 0 fully saturated rings. The van der Waals surface area contributed by atoms with Gasteiger partial charge in [0.25, 0.3) is 5.69 Å². The lowest BCUT2D eigenvalue weighted by molar-refractivity contribution is -0.385. The normalized spacial score (nSPS) is 11.8. The molecular formula is C21H24N2O5. The van der Waals surface area contributed by atoms with Gasteiger partial charge in [-0.1, -0.05) is 18.2 Å². The number of benzene rings is 2. The van der Waals surface area contributed by atoms with E-state index in [9.17, 15) is 14.9 Å². The van der Waals surface area contributed by atoms with Gasteiger partial charge in [0.15, 0.2) is 11.5 Å². The maximum atomic E-state index is 12.2. The van der Waals surface area contributed by atoms with E-state index in [2.05, 4.69) is 5.32 Å². The van der Waals surface area contributed by atoms with Crippen molar-refractivity contribution in [2.75, 3.05) is 13.2 Å². The number of carbonyl (C=O) groups is 1. The molecule has 0 saturated heterocycles. The molecular weight excluding hydrogens is 360 g/mol. The van der Waals surface area contributed by atoms with Gasteiger partial charge >= 0.3 is 0 Å². The quantitative estimate of drug-likeness (QED) is 0.396. The molecule has 1 N–H and O–H groups in total. The first kappa shape index (κ1) is 21.0. The summed E-state index contributed by atoms with van der Waals surface area (Å²) in [7, 11) is 0. The van der Waals surface area contributed by atoms with Crippen LogP contribution in [0.1, 0.15) is 37.9 Å². The van der Waals surface area contributed by atoms with Gasteiger partial charge in [0.05, 0.1) is 29.7 Å². The molecule has 0 bridgehead atoms. The van der Waals surface area contributed by atoms with Crippen LogP contribution in [0.15, 0.2) is 48.5 Å². The zero-order valence-corrected chi connectivity index (χ0v) is 16.2. The fraction of sp³-hybridized carbons (Fsp3) is 0.286. The van der Waals surface area contributed by atoms with Crippen molar-refractivity contribution in [3.63, 3.8) is 0 Å². The van der Waals surface area contributed by atoms with Crippen LogP contribution >= 0.6 is 0 Å². The van der Waals surface area contributed by atoms with Gasteiger partial charge in [-0.2, -0.15) is 0 Å². The Labute approximate surface area is 164 Å². The number of nitrogens with one attached hydrogen (secondary N) is 1. The van der Waals surface area contributed by atoms with Crippen molar-refractivity contribution in [2.24, 2.45) is 0 Å². The van der Waals surface area contributed by atoms with Crippen molar-refractivity contribution in [1.82, 2.24) is 5.32 Å². The lowest BCUT2D eigenvalue weighted by atomic mass is 10.1. The summed E-state index contributed by atoms with van der Waals surface area (Å²) in [5.41, 5.74) is 1.18. The summed E-state index contributed by atoms with van der Waals surface area (Å²) in [5.74, 6) is 0.929. The largest absolute Gasteiger partial charge is 0.490 e. The number of nitrogens with zero attached hydrogens (tertiary/aromatic N) is 1. The first-order chi connectivity index (χ1) is 13.5. The van der Waals surface area contributed by atoms with E-state index >= 15 is 0 Å². The number of nitro groups is 1. The molecule has 0 heterocycles. The van der Waals surface area contributed by atoms with E-state index in [1.165, 1.54) is 18.2 Å². The molecule has 0 radical (unpaired) electrons. The van der Waals surface area contributed by atoms with Crippen LogP contribution in [0, 0.1) is 10.1 Å². The molecule has 0 aliphatic heterocycles. The molecule has 0 spiro atoms. The average molecular weight is 384 g/mol. The molecule has 2 aromatic rings. The zero-order chi connectivity index (χ0) is 20.5. The number of hydrogen-bond donors (Lipinski definition) is 1. The van der Waals surface area contributed by atoms with Crippen molar-refractivity contribution in [3.8, 4) is 11.5 Å². The van der Waals surface area contributed by atoms with Crippen molar-refractivity contribution >= 4 is 17.7 Å². The van der Waals surface area contributed by atoms with Crippen LogP contribution in [0.5, 0.6) is 11.5 Å². The number of amides is 1. The van der Waals surface area contributed by atoms with Gasteiger partial charge in [-0.15, -0.1) is 0 Å². The van der Waals surface area contributed by atoms with E-state index < -0.39 is 4.92 Å². The summed E-state index contributed by atoms with van der Waals surface area (Å²) < 4.78 is 11.2. The summed E-state index contributed by atoms with van der Waals surface area (Å²) >= 11 is 0. The summed E-state index contributed by atoms with van der Waals surface area (Å²) in [4.78, 5) is 22.8. The minimum Gasteiger partial charge on any atom is -0.490 e. The fourth-order valence-corrected chi connectivity index (χ4v) is 2.64. The van der Waals surface area contributed by atoms with Crippen molar-refractivity contribution in [1.29, 1.82) is 0 Å². The number of carbonyl (C=O) groups excluding carboxylic acids is 1. The lowest BCUT2D eigenvalue weighted by Gasteiger charge is -2.17. The Kier molecular flexibility index (Phi) is 7.56. The van der Waals surface area contributed by atoms with Crippen LogP contribution in [0.2, 0.25) is 0 Å². The maximum Gasteiger partial charge on any atom is 0.276 e. The molecule has 0 aromatic heterocycles. The smallest absolute Gasteiger partial charge is 0.276 e. The minimum absolute atomic E-state index is 0.0486. The Bertz CT molecular complexity index is 864. The highest BCUT2D eigenvalue weighted by Gasteiger charge is 2.13. The molecule has 7 heteroatoms.